The SMILES string of the molecule is Cl.O=C(CCl)Nc1nc2ccccc2s1. The first-order valence-electron chi connectivity index (χ1n) is 4.01. The van der Waals surface area contributed by atoms with E-state index in [1.165, 1.54) is 11.3 Å². The van der Waals surface area contributed by atoms with Crippen LogP contribution >= 0.6 is 35.3 Å². The molecule has 0 aliphatic carbocycles. The number of amides is 1. The largest absolute Gasteiger partial charge is 0.301 e. The fourth-order valence-electron chi connectivity index (χ4n) is 1.08. The second kappa shape index (κ2) is 5.30. The highest BCUT2D eigenvalue weighted by Gasteiger charge is 2.05. The number of fused-ring (bicyclic) bond motifs is 1. The Labute approximate surface area is 102 Å². The molecule has 0 spiro atoms. The number of anilines is 1. The maximum absolute atomic E-state index is 11.0. The van der Waals surface area contributed by atoms with Gasteiger partial charge in [-0.2, -0.15) is 0 Å². The van der Waals surface area contributed by atoms with Gasteiger partial charge in [0, 0.05) is 0 Å². The zero-order chi connectivity index (χ0) is 9.97. The van der Waals surface area contributed by atoms with Gasteiger partial charge in [0.1, 0.15) is 5.88 Å². The maximum Gasteiger partial charge on any atom is 0.241 e. The van der Waals surface area contributed by atoms with Crippen LogP contribution in [0.25, 0.3) is 10.2 Å². The van der Waals surface area contributed by atoms with E-state index in [1.807, 2.05) is 24.3 Å². The molecule has 0 radical (unpaired) electrons. The van der Waals surface area contributed by atoms with Crippen LogP contribution in [0.2, 0.25) is 0 Å². The van der Waals surface area contributed by atoms with Crippen molar-refractivity contribution in [1.29, 1.82) is 0 Å². The Hall–Kier alpha value is -0.840. The van der Waals surface area contributed by atoms with E-state index in [9.17, 15) is 4.79 Å². The highest BCUT2D eigenvalue weighted by atomic mass is 35.5. The zero-order valence-corrected chi connectivity index (χ0v) is 9.96. The number of nitrogens with one attached hydrogen (secondary N) is 1. The highest BCUT2D eigenvalue weighted by Crippen LogP contribution is 2.25. The van der Waals surface area contributed by atoms with Crippen LogP contribution in [0.3, 0.4) is 0 Å². The number of carbonyl (C=O) groups excluding carboxylic acids is 1. The summed E-state index contributed by atoms with van der Waals surface area (Å²) in [5, 5.41) is 3.21. The third-order valence-electron chi connectivity index (χ3n) is 1.66. The minimum absolute atomic E-state index is 0. The fourth-order valence-corrected chi connectivity index (χ4v) is 2.03. The number of carbonyl (C=O) groups is 1. The molecule has 2 rings (SSSR count). The van der Waals surface area contributed by atoms with Crippen LogP contribution < -0.4 is 5.32 Å². The minimum atomic E-state index is -0.231. The Balaban J connectivity index is 0.00000112. The molecule has 0 fully saturated rings. The first-order chi connectivity index (χ1) is 6.79. The molecule has 0 bridgehead atoms. The lowest BCUT2D eigenvalue weighted by Crippen LogP contribution is -2.11. The zero-order valence-electron chi connectivity index (χ0n) is 7.57. The average molecular weight is 263 g/mol. The van der Waals surface area contributed by atoms with E-state index < -0.39 is 0 Å². The third kappa shape index (κ3) is 2.81. The molecule has 0 saturated heterocycles. The summed E-state index contributed by atoms with van der Waals surface area (Å²) in [5.74, 6) is -0.277. The van der Waals surface area contributed by atoms with Crippen molar-refractivity contribution in [1.82, 2.24) is 4.98 Å². The molecular weight excluding hydrogens is 255 g/mol. The molecule has 0 saturated carbocycles. The molecule has 3 nitrogen and oxygen atoms in total. The molecule has 0 atom stereocenters. The number of thiazole rings is 1. The van der Waals surface area contributed by atoms with Gasteiger partial charge in [-0.15, -0.1) is 24.0 Å². The fraction of sp³-hybridized carbons (Fsp3) is 0.111. The van der Waals surface area contributed by atoms with Gasteiger partial charge in [-0.05, 0) is 12.1 Å². The van der Waals surface area contributed by atoms with Crippen LogP contribution in [-0.4, -0.2) is 16.8 Å². The number of aromatic nitrogens is 1. The number of nitrogens with zero attached hydrogens (tertiary/aromatic N) is 1. The smallest absolute Gasteiger partial charge is 0.241 e. The van der Waals surface area contributed by atoms with E-state index in [1.54, 1.807) is 0 Å². The number of halogens is 2. The summed E-state index contributed by atoms with van der Waals surface area (Å²) in [6, 6.07) is 7.72. The van der Waals surface area contributed by atoms with Gasteiger partial charge >= 0.3 is 0 Å². The van der Waals surface area contributed by atoms with Crippen LogP contribution in [0.15, 0.2) is 24.3 Å². The van der Waals surface area contributed by atoms with E-state index in [-0.39, 0.29) is 24.2 Å². The Morgan fingerprint density at radius 1 is 1.47 bits per heavy atom. The summed E-state index contributed by atoms with van der Waals surface area (Å²) in [6.07, 6.45) is 0. The van der Waals surface area contributed by atoms with Crippen molar-refractivity contribution in [2.24, 2.45) is 0 Å². The van der Waals surface area contributed by atoms with Crippen molar-refractivity contribution in [3.05, 3.63) is 24.3 Å². The molecule has 15 heavy (non-hydrogen) atoms. The summed E-state index contributed by atoms with van der Waals surface area (Å²) < 4.78 is 1.05. The molecule has 0 unspecified atom stereocenters. The van der Waals surface area contributed by atoms with E-state index >= 15 is 0 Å². The van der Waals surface area contributed by atoms with Gasteiger partial charge in [0.2, 0.25) is 5.91 Å². The first kappa shape index (κ1) is 12.2. The Morgan fingerprint density at radius 2 is 2.20 bits per heavy atom. The minimum Gasteiger partial charge on any atom is -0.301 e. The molecule has 1 aromatic heterocycles. The van der Waals surface area contributed by atoms with Gasteiger partial charge in [-0.3, -0.25) is 4.79 Å². The van der Waals surface area contributed by atoms with E-state index in [0.717, 1.165) is 10.2 Å². The van der Waals surface area contributed by atoms with Crippen LogP contribution in [0.4, 0.5) is 5.13 Å². The highest BCUT2D eigenvalue weighted by molar-refractivity contribution is 7.22. The van der Waals surface area contributed by atoms with Crippen molar-refractivity contribution in [2.75, 3.05) is 11.2 Å². The lowest BCUT2D eigenvalue weighted by atomic mass is 10.3. The lowest BCUT2D eigenvalue weighted by Gasteiger charge is -1.94. The van der Waals surface area contributed by atoms with E-state index in [0.29, 0.717) is 5.13 Å². The number of para-hydroxylation sites is 1. The van der Waals surface area contributed by atoms with Crippen molar-refractivity contribution in [3.63, 3.8) is 0 Å². The standard InChI is InChI=1S/C9H7ClN2OS.ClH/c10-5-8(13)12-9-11-6-3-1-2-4-7(6)14-9;/h1-4H,5H2,(H,11,12,13);1H. The lowest BCUT2D eigenvalue weighted by molar-refractivity contribution is -0.113. The summed E-state index contributed by atoms with van der Waals surface area (Å²) >= 11 is 6.80. The molecule has 80 valence electrons. The van der Waals surface area contributed by atoms with Gasteiger partial charge in [0.05, 0.1) is 10.2 Å². The molecule has 1 N–H and O–H groups in total. The van der Waals surface area contributed by atoms with Crippen LogP contribution in [-0.2, 0) is 4.79 Å². The number of benzene rings is 1. The van der Waals surface area contributed by atoms with Crippen molar-refractivity contribution < 1.29 is 4.79 Å². The topological polar surface area (TPSA) is 42.0 Å². The number of hydrogen-bond acceptors (Lipinski definition) is 3. The van der Waals surface area contributed by atoms with E-state index in [4.69, 9.17) is 11.6 Å². The Morgan fingerprint density at radius 3 is 2.87 bits per heavy atom. The number of rotatable bonds is 2. The van der Waals surface area contributed by atoms with Gasteiger partial charge in [0.25, 0.3) is 0 Å². The van der Waals surface area contributed by atoms with Crippen molar-refractivity contribution in [2.45, 2.75) is 0 Å². The first-order valence-corrected chi connectivity index (χ1v) is 5.36. The normalized spacial score (nSPS) is 9.67. The third-order valence-corrected chi connectivity index (χ3v) is 2.86. The molecule has 2 aromatic rings. The maximum atomic E-state index is 11.0. The number of alkyl halides is 1. The number of hydrogen-bond donors (Lipinski definition) is 1. The monoisotopic (exact) mass is 262 g/mol. The van der Waals surface area contributed by atoms with E-state index in [2.05, 4.69) is 10.3 Å². The van der Waals surface area contributed by atoms with Crippen LogP contribution in [0.1, 0.15) is 0 Å². The summed E-state index contributed by atoms with van der Waals surface area (Å²) in [6.45, 7) is 0. The van der Waals surface area contributed by atoms with Gasteiger partial charge in [-0.25, -0.2) is 4.98 Å². The summed E-state index contributed by atoms with van der Waals surface area (Å²) in [5.41, 5.74) is 0.891. The quantitative estimate of drug-likeness (QED) is 0.846. The average Bonchev–Trinajstić information content (AvgIpc) is 2.59. The van der Waals surface area contributed by atoms with Crippen LogP contribution in [0, 0.1) is 0 Å². The summed E-state index contributed by atoms with van der Waals surface area (Å²) in [7, 11) is 0. The predicted molar refractivity (Wildman–Crippen MR) is 66.2 cm³/mol. The molecule has 1 aromatic carbocycles. The summed E-state index contributed by atoms with van der Waals surface area (Å²) in [4.78, 5) is 15.2. The predicted octanol–water partition coefficient (Wildman–Crippen LogP) is 2.90. The molecular formula is C9H8Cl2N2OS. The molecule has 0 aliphatic rings. The Bertz CT molecular complexity index is 439. The second-order valence-corrected chi connectivity index (χ2v) is 3.97. The van der Waals surface area contributed by atoms with Gasteiger partial charge < -0.3 is 5.32 Å². The Kier molecular flexibility index (Phi) is 4.32. The van der Waals surface area contributed by atoms with Crippen molar-refractivity contribution >= 4 is 56.6 Å². The van der Waals surface area contributed by atoms with Crippen LogP contribution in [0.5, 0.6) is 0 Å². The van der Waals surface area contributed by atoms with Gasteiger partial charge in [0.15, 0.2) is 5.13 Å². The molecule has 1 heterocycles. The second-order valence-electron chi connectivity index (χ2n) is 2.67. The molecule has 0 aliphatic heterocycles. The molecule has 6 heteroatoms. The van der Waals surface area contributed by atoms with Gasteiger partial charge in [-0.1, -0.05) is 23.5 Å². The molecule has 1 amide bonds. The van der Waals surface area contributed by atoms with Crippen molar-refractivity contribution in [3.8, 4) is 0 Å².